The van der Waals surface area contributed by atoms with Crippen LogP contribution in [0.3, 0.4) is 0 Å². The molecular weight excluding hydrogens is 176 g/mol. The first-order chi connectivity index (χ1) is 6.79. The lowest BCUT2D eigenvalue weighted by atomic mass is 9.80. The zero-order chi connectivity index (χ0) is 9.86. The predicted molar refractivity (Wildman–Crippen MR) is 54.7 cm³/mol. The molecule has 76 valence electrons. The van der Waals surface area contributed by atoms with E-state index >= 15 is 0 Å². The number of nitrogens with one attached hydrogen (secondary N) is 1. The zero-order valence-electron chi connectivity index (χ0n) is 8.24. The van der Waals surface area contributed by atoms with Crippen molar-refractivity contribution in [3.63, 3.8) is 0 Å². The maximum absolute atomic E-state index is 9.81. The molecule has 0 bridgehead atoms. The van der Waals surface area contributed by atoms with E-state index in [0.29, 0.717) is 6.54 Å². The summed E-state index contributed by atoms with van der Waals surface area (Å²) >= 11 is 0. The van der Waals surface area contributed by atoms with Gasteiger partial charge in [-0.2, -0.15) is 0 Å². The Morgan fingerprint density at radius 1 is 1.43 bits per heavy atom. The summed E-state index contributed by atoms with van der Waals surface area (Å²) in [6.07, 6.45) is 4.81. The van der Waals surface area contributed by atoms with Crippen molar-refractivity contribution in [3.8, 4) is 0 Å². The summed E-state index contributed by atoms with van der Waals surface area (Å²) in [6.45, 7) is 1.42. The maximum atomic E-state index is 9.81. The molecule has 1 aliphatic rings. The lowest BCUT2D eigenvalue weighted by molar-refractivity contribution is -0.0315. The van der Waals surface area contributed by atoms with Crippen molar-refractivity contribution < 1.29 is 5.11 Å². The normalized spacial score (nSPS) is 18.9. The number of pyridine rings is 1. The van der Waals surface area contributed by atoms with Gasteiger partial charge in [-0.1, -0.05) is 6.07 Å². The molecule has 0 aliphatic heterocycles. The Kier molecular flexibility index (Phi) is 2.79. The fraction of sp³-hybridized carbons (Fsp3) is 0.545. The van der Waals surface area contributed by atoms with Crippen LogP contribution in [-0.2, 0) is 6.54 Å². The first kappa shape index (κ1) is 9.62. The molecule has 3 nitrogen and oxygen atoms in total. The summed E-state index contributed by atoms with van der Waals surface area (Å²) < 4.78 is 0. The average Bonchev–Trinajstić information content (AvgIpc) is 2.17. The van der Waals surface area contributed by atoms with E-state index < -0.39 is 5.60 Å². The highest BCUT2D eigenvalue weighted by Gasteiger charge is 2.33. The van der Waals surface area contributed by atoms with Crippen LogP contribution >= 0.6 is 0 Å². The van der Waals surface area contributed by atoms with Crippen LogP contribution in [0.1, 0.15) is 25.0 Å². The first-order valence-corrected chi connectivity index (χ1v) is 5.12. The summed E-state index contributed by atoms with van der Waals surface area (Å²) in [5.41, 5.74) is 0.588. The van der Waals surface area contributed by atoms with Crippen LogP contribution in [0.15, 0.2) is 24.4 Å². The van der Waals surface area contributed by atoms with Crippen molar-refractivity contribution in [1.82, 2.24) is 10.3 Å². The maximum Gasteiger partial charge on any atom is 0.0771 e. The van der Waals surface area contributed by atoms with Crippen LogP contribution in [0.4, 0.5) is 0 Å². The number of nitrogens with zero attached hydrogens (tertiary/aromatic N) is 1. The van der Waals surface area contributed by atoms with Crippen molar-refractivity contribution in [2.75, 3.05) is 6.54 Å². The van der Waals surface area contributed by atoms with E-state index in [-0.39, 0.29) is 0 Å². The van der Waals surface area contributed by atoms with Crippen LogP contribution in [0.2, 0.25) is 0 Å². The number of hydrogen-bond acceptors (Lipinski definition) is 3. The highest BCUT2D eigenvalue weighted by Crippen LogP contribution is 2.30. The smallest absolute Gasteiger partial charge is 0.0771 e. The second kappa shape index (κ2) is 4.07. The summed E-state index contributed by atoms with van der Waals surface area (Å²) in [7, 11) is 0. The third-order valence-electron chi connectivity index (χ3n) is 2.77. The summed E-state index contributed by atoms with van der Waals surface area (Å²) in [5.74, 6) is 0. The third-order valence-corrected chi connectivity index (χ3v) is 2.77. The van der Waals surface area contributed by atoms with Gasteiger partial charge in [0.1, 0.15) is 0 Å². The second-order valence-corrected chi connectivity index (χ2v) is 4.00. The quantitative estimate of drug-likeness (QED) is 0.750. The second-order valence-electron chi connectivity index (χ2n) is 4.00. The molecule has 1 aromatic rings. The van der Waals surface area contributed by atoms with Gasteiger partial charge in [-0.25, -0.2) is 0 Å². The SMILES string of the molecule is OC1(CNCc2ccccn2)CCC1. The predicted octanol–water partition coefficient (Wildman–Crippen LogP) is 1.09. The summed E-state index contributed by atoms with van der Waals surface area (Å²) in [6, 6.07) is 5.86. The Morgan fingerprint density at radius 3 is 2.86 bits per heavy atom. The van der Waals surface area contributed by atoms with Gasteiger partial charge in [0.05, 0.1) is 11.3 Å². The molecule has 0 radical (unpaired) electrons. The van der Waals surface area contributed by atoms with E-state index in [4.69, 9.17) is 0 Å². The van der Waals surface area contributed by atoms with E-state index in [9.17, 15) is 5.11 Å². The fourth-order valence-corrected chi connectivity index (χ4v) is 1.69. The molecule has 1 saturated carbocycles. The fourth-order valence-electron chi connectivity index (χ4n) is 1.69. The highest BCUT2D eigenvalue weighted by atomic mass is 16.3. The molecule has 0 amide bonds. The largest absolute Gasteiger partial charge is 0.389 e. The van der Waals surface area contributed by atoms with Gasteiger partial charge in [0.15, 0.2) is 0 Å². The van der Waals surface area contributed by atoms with Crippen molar-refractivity contribution >= 4 is 0 Å². The van der Waals surface area contributed by atoms with Crippen molar-refractivity contribution in [3.05, 3.63) is 30.1 Å². The molecule has 0 saturated heterocycles. The average molecular weight is 192 g/mol. The number of hydrogen-bond donors (Lipinski definition) is 2. The molecular formula is C11H16N2O. The minimum Gasteiger partial charge on any atom is -0.389 e. The van der Waals surface area contributed by atoms with E-state index in [2.05, 4.69) is 10.3 Å². The monoisotopic (exact) mass is 192 g/mol. The Balaban J connectivity index is 1.73. The summed E-state index contributed by atoms with van der Waals surface area (Å²) in [5, 5.41) is 13.0. The number of aliphatic hydroxyl groups is 1. The molecule has 14 heavy (non-hydrogen) atoms. The van der Waals surface area contributed by atoms with Crippen molar-refractivity contribution in [2.24, 2.45) is 0 Å². The van der Waals surface area contributed by atoms with Crippen LogP contribution in [0, 0.1) is 0 Å². The Hall–Kier alpha value is -0.930. The van der Waals surface area contributed by atoms with Gasteiger partial charge in [0.2, 0.25) is 0 Å². The lowest BCUT2D eigenvalue weighted by Crippen LogP contribution is -2.46. The van der Waals surface area contributed by atoms with Crippen LogP contribution in [-0.4, -0.2) is 22.2 Å². The van der Waals surface area contributed by atoms with Gasteiger partial charge in [0.25, 0.3) is 0 Å². The molecule has 2 rings (SSSR count). The highest BCUT2D eigenvalue weighted by molar-refractivity contribution is 5.03. The summed E-state index contributed by atoms with van der Waals surface area (Å²) in [4.78, 5) is 4.20. The molecule has 0 atom stereocenters. The first-order valence-electron chi connectivity index (χ1n) is 5.12. The van der Waals surface area contributed by atoms with E-state index in [1.54, 1.807) is 6.20 Å². The molecule has 2 N–H and O–H groups in total. The van der Waals surface area contributed by atoms with E-state index in [1.807, 2.05) is 18.2 Å². The van der Waals surface area contributed by atoms with Gasteiger partial charge in [-0.15, -0.1) is 0 Å². The Morgan fingerprint density at radius 2 is 2.29 bits per heavy atom. The van der Waals surface area contributed by atoms with Crippen LogP contribution in [0.5, 0.6) is 0 Å². The topological polar surface area (TPSA) is 45.1 Å². The van der Waals surface area contributed by atoms with Crippen LogP contribution in [0.25, 0.3) is 0 Å². The Labute approximate surface area is 84.2 Å². The molecule has 3 heteroatoms. The zero-order valence-corrected chi connectivity index (χ0v) is 8.24. The molecule has 1 heterocycles. The van der Waals surface area contributed by atoms with Gasteiger partial charge < -0.3 is 10.4 Å². The van der Waals surface area contributed by atoms with E-state index in [1.165, 1.54) is 0 Å². The van der Waals surface area contributed by atoms with Crippen molar-refractivity contribution in [2.45, 2.75) is 31.4 Å². The number of rotatable bonds is 4. The minimum absolute atomic E-state index is 0.436. The lowest BCUT2D eigenvalue weighted by Gasteiger charge is -2.36. The van der Waals surface area contributed by atoms with Gasteiger partial charge in [-0.3, -0.25) is 4.98 Å². The van der Waals surface area contributed by atoms with Gasteiger partial charge in [0, 0.05) is 19.3 Å². The molecule has 1 fully saturated rings. The van der Waals surface area contributed by atoms with Gasteiger partial charge in [-0.05, 0) is 31.4 Å². The van der Waals surface area contributed by atoms with E-state index in [0.717, 1.165) is 31.5 Å². The third kappa shape index (κ3) is 2.30. The van der Waals surface area contributed by atoms with Crippen LogP contribution < -0.4 is 5.32 Å². The molecule has 0 aromatic carbocycles. The molecule has 0 spiro atoms. The van der Waals surface area contributed by atoms with Gasteiger partial charge >= 0.3 is 0 Å². The standard InChI is InChI=1S/C11H16N2O/c14-11(5-3-6-11)9-12-8-10-4-1-2-7-13-10/h1-2,4,7,12,14H,3,5-6,8-9H2. The van der Waals surface area contributed by atoms with Crippen molar-refractivity contribution in [1.29, 1.82) is 0 Å². The number of aromatic nitrogens is 1. The molecule has 1 aliphatic carbocycles. The molecule has 1 aromatic heterocycles. The molecule has 0 unspecified atom stereocenters. The minimum atomic E-state index is -0.436. The Bertz CT molecular complexity index is 283.